The quantitative estimate of drug-likeness (QED) is 0.407. The first-order valence-corrected chi connectivity index (χ1v) is 11.1. The summed E-state index contributed by atoms with van der Waals surface area (Å²) in [6, 6.07) is 0. The van der Waals surface area contributed by atoms with Gasteiger partial charge in [0.2, 0.25) is 0 Å². The normalized spacial score (nSPS) is 21.5. The summed E-state index contributed by atoms with van der Waals surface area (Å²) in [5.74, 6) is 0.813. The van der Waals surface area contributed by atoms with Gasteiger partial charge in [0.15, 0.2) is 0 Å². The molecule has 1 aliphatic carbocycles. The minimum absolute atomic E-state index is 0.0620. The van der Waals surface area contributed by atoms with Crippen molar-refractivity contribution in [2.24, 2.45) is 17.3 Å². The van der Waals surface area contributed by atoms with Gasteiger partial charge in [-0.25, -0.2) is 0 Å². The van der Waals surface area contributed by atoms with Gasteiger partial charge < -0.3 is 9.47 Å². The van der Waals surface area contributed by atoms with Crippen LogP contribution in [-0.4, -0.2) is 24.6 Å². The average Bonchev–Trinajstić information content (AvgIpc) is 2.61. The van der Waals surface area contributed by atoms with E-state index in [0.29, 0.717) is 43.1 Å². The maximum atomic E-state index is 12.0. The minimum atomic E-state index is -0.191. The Labute approximate surface area is 166 Å². The summed E-state index contributed by atoms with van der Waals surface area (Å²) < 4.78 is 11.0. The molecule has 0 heterocycles. The topological polar surface area (TPSA) is 52.6 Å². The maximum Gasteiger partial charge on any atom is 0.306 e. The van der Waals surface area contributed by atoms with E-state index in [4.69, 9.17) is 9.47 Å². The lowest BCUT2D eigenvalue weighted by atomic mass is 9.72. The van der Waals surface area contributed by atoms with Crippen LogP contribution in [0, 0.1) is 17.3 Å². The standard InChI is InChI=1S/C23H42O4/c1-6-8-10-18(7-2)17-26-21(24)11-9-12-22(25)27-20-15-13-19(14-16-20)23(3,4)5/h18-20H,6-17H2,1-5H3. The fourth-order valence-electron chi connectivity index (χ4n) is 3.85. The van der Waals surface area contributed by atoms with E-state index in [1.807, 2.05) is 0 Å². The number of ether oxygens (including phenoxy) is 2. The summed E-state index contributed by atoms with van der Waals surface area (Å²) in [5, 5.41) is 0. The SMILES string of the molecule is CCCCC(CC)COC(=O)CCCC(=O)OC1CCC(C(C)(C)C)CC1. The van der Waals surface area contributed by atoms with Gasteiger partial charge in [-0.3, -0.25) is 9.59 Å². The number of hydrogen-bond donors (Lipinski definition) is 0. The van der Waals surface area contributed by atoms with Crippen LogP contribution in [0.5, 0.6) is 0 Å². The lowest BCUT2D eigenvalue weighted by Crippen LogP contribution is -2.30. The number of rotatable bonds is 11. The van der Waals surface area contributed by atoms with Crippen LogP contribution in [0.4, 0.5) is 0 Å². The highest BCUT2D eigenvalue weighted by Gasteiger charge is 2.31. The predicted molar refractivity (Wildman–Crippen MR) is 109 cm³/mol. The second kappa shape index (κ2) is 12.4. The van der Waals surface area contributed by atoms with Crippen LogP contribution in [0.1, 0.15) is 105 Å². The third-order valence-electron chi connectivity index (χ3n) is 5.98. The zero-order valence-corrected chi connectivity index (χ0v) is 18.4. The molecule has 1 unspecified atom stereocenters. The average molecular weight is 383 g/mol. The summed E-state index contributed by atoms with van der Waals surface area (Å²) in [7, 11) is 0. The van der Waals surface area contributed by atoms with Crippen molar-refractivity contribution in [1.29, 1.82) is 0 Å². The van der Waals surface area contributed by atoms with Crippen LogP contribution in [0.2, 0.25) is 0 Å². The van der Waals surface area contributed by atoms with Crippen molar-refractivity contribution in [1.82, 2.24) is 0 Å². The second-order valence-corrected chi connectivity index (χ2v) is 9.28. The van der Waals surface area contributed by atoms with Crippen LogP contribution >= 0.6 is 0 Å². The van der Waals surface area contributed by atoms with Gasteiger partial charge in [0.25, 0.3) is 0 Å². The Kier molecular flexibility index (Phi) is 11.0. The molecule has 0 aromatic rings. The molecule has 158 valence electrons. The number of unbranched alkanes of at least 4 members (excludes halogenated alkanes) is 1. The molecular formula is C23H42O4. The van der Waals surface area contributed by atoms with Crippen molar-refractivity contribution in [3.05, 3.63) is 0 Å². The molecule has 27 heavy (non-hydrogen) atoms. The third-order valence-corrected chi connectivity index (χ3v) is 5.98. The molecule has 4 nitrogen and oxygen atoms in total. The Morgan fingerprint density at radius 3 is 2.15 bits per heavy atom. The molecule has 1 aliphatic rings. The summed E-state index contributed by atoms with van der Waals surface area (Å²) in [4.78, 5) is 23.9. The number of esters is 2. The Bertz CT molecular complexity index is 430. The first-order chi connectivity index (χ1) is 12.8. The fourth-order valence-corrected chi connectivity index (χ4v) is 3.85. The van der Waals surface area contributed by atoms with Gasteiger partial charge in [0.05, 0.1) is 6.61 Å². The number of carbonyl (C=O) groups is 2. The van der Waals surface area contributed by atoms with E-state index in [2.05, 4.69) is 34.6 Å². The van der Waals surface area contributed by atoms with Crippen LogP contribution in [0.15, 0.2) is 0 Å². The summed E-state index contributed by atoms with van der Waals surface area (Å²) in [6.45, 7) is 11.7. The molecule has 0 radical (unpaired) electrons. The number of carbonyl (C=O) groups excluding carboxylic acids is 2. The maximum absolute atomic E-state index is 12.0. The molecule has 0 N–H and O–H groups in total. The van der Waals surface area contributed by atoms with Crippen LogP contribution in [-0.2, 0) is 19.1 Å². The van der Waals surface area contributed by atoms with Gasteiger partial charge in [-0.2, -0.15) is 0 Å². The lowest BCUT2D eigenvalue weighted by molar-refractivity contribution is -0.151. The predicted octanol–water partition coefficient (Wildman–Crippen LogP) is 6.06. The zero-order valence-electron chi connectivity index (χ0n) is 18.4. The summed E-state index contributed by atoms with van der Waals surface area (Å²) in [5.41, 5.74) is 0.336. The molecule has 0 spiro atoms. The van der Waals surface area contributed by atoms with E-state index in [-0.39, 0.29) is 18.0 Å². The van der Waals surface area contributed by atoms with Crippen molar-refractivity contribution in [3.8, 4) is 0 Å². The lowest BCUT2D eigenvalue weighted by Gasteiger charge is -2.36. The van der Waals surface area contributed by atoms with Gasteiger partial charge >= 0.3 is 11.9 Å². The van der Waals surface area contributed by atoms with Gasteiger partial charge in [0, 0.05) is 12.8 Å². The van der Waals surface area contributed by atoms with E-state index in [1.165, 1.54) is 12.8 Å². The Hall–Kier alpha value is -1.06. The molecule has 1 atom stereocenters. The molecular weight excluding hydrogens is 340 g/mol. The van der Waals surface area contributed by atoms with Gasteiger partial charge in [-0.05, 0) is 55.8 Å². The van der Waals surface area contributed by atoms with Crippen LogP contribution < -0.4 is 0 Å². The summed E-state index contributed by atoms with van der Waals surface area (Å²) >= 11 is 0. The van der Waals surface area contributed by atoms with E-state index in [1.54, 1.807) is 0 Å². The van der Waals surface area contributed by atoms with Crippen molar-refractivity contribution in [2.45, 2.75) is 111 Å². The first-order valence-electron chi connectivity index (χ1n) is 11.1. The Balaban J connectivity index is 2.14. The van der Waals surface area contributed by atoms with E-state index in [0.717, 1.165) is 38.5 Å². The highest BCUT2D eigenvalue weighted by atomic mass is 16.5. The largest absolute Gasteiger partial charge is 0.465 e. The van der Waals surface area contributed by atoms with E-state index in [9.17, 15) is 9.59 Å². The molecule has 0 saturated heterocycles. The zero-order chi connectivity index (χ0) is 20.3. The van der Waals surface area contributed by atoms with Crippen LogP contribution in [0.25, 0.3) is 0 Å². The minimum Gasteiger partial charge on any atom is -0.465 e. The molecule has 0 amide bonds. The molecule has 1 fully saturated rings. The van der Waals surface area contributed by atoms with Crippen molar-refractivity contribution in [2.75, 3.05) is 6.61 Å². The molecule has 1 rings (SSSR count). The number of hydrogen-bond acceptors (Lipinski definition) is 4. The molecule has 4 heteroatoms. The van der Waals surface area contributed by atoms with E-state index >= 15 is 0 Å². The summed E-state index contributed by atoms with van der Waals surface area (Å²) in [6.07, 6.45) is 9.88. The molecule has 0 aromatic heterocycles. The Morgan fingerprint density at radius 2 is 1.59 bits per heavy atom. The van der Waals surface area contributed by atoms with Crippen LogP contribution in [0.3, 0.4) is 0 Å². The first kappa shape index (κ1) is 24.0. The smallest absolute Gasteiger partial charge is 0.306 e. The van der Waals surface area contributed by atoms with Gasteiger partial charge in [-0.15, -0.1) is 0 Å². The highest BCUT2D eigenvalue weighted by molar-refractivity contribution is 5.72. The third kappa shape index (κ3) is 10.2. The molecule has 1 saturated carbocycles. The molecule has 0 bridgehead atoms. The van der Waals surface area contributed by atoms with Crippen molar-refractivity contribution >= 4 is 11.9 Å². The highest BCUT2D eigenvalue weighted by Crippen LogP contribution is 2.38. The van der Waals surface area contributed by atoms with Gasteiger partial charge in [0.1, 0.15) is 6.10 Å². The Morgan fingerprint density at radius 1 is 0.963 bits per heavy atom. The second-order valence-electron chi connectivity index (χ2n) is 9.28. The fraction of sp³-hybridized carbons (Fsp3) is 0.913. The van der Waals surface area contributed by atoms with E-state index < -0.39 is 0 Å². The monoisotopic (exact) mass is 382 g/mol. The molecule has 0 aromatic carbocycles. The van der Waals surface area contributed by atoms with Crippen molar-refractivity contribution < 1.29 is 19.1 Å². The van der Waals surface area contributed by atoms with Crippen molar-refractivity contribution in [3.63, 3.8) is 0 Å². The molecule has 0 aliphatic heterocycles. The van der Waals surface area contributed by atoms with Gasteiger partial charge in [-0.1, -0.05) is 53.9 Å².